The van der Waals surface area contributed by atoms with Gasteiger partial charge in [-0.15, -0.1) is 0 Å². The van der Waals surface area contributed by atoms with Gasteiger partial charge in [-0.1, -0.05) is 31.2 Å². The fourth-order valence-corrected chi connectivity index (χ4v) is 2.61. The molecule has 0 heterocycles. The summed E-state index contributed by atoms with van der Waals surface area (Å²) in [6.45, 7) is 5.98. The number of para-hydroxylation sites is 1. The number of nitrogen functional groups attached to an aromatic ring is 1. The van der Waals surface area contributed by atoms with Crippen LogP contribution in [-0.4, -0.2) is 5.11 Å². The zero-order valence-electron chi connectivity index (χ0n) is 13.1. The number of nitrogens with zero attached hydrogens (tertiary/aromatic N) is 1. The van der Waals surface area contributed by atoms with E-state index in [-0.39, 0.29) is 5.75 Å². The van der Waals surface area contributed by atoms with Gasteiger partial charge < -0.3 is 10.8 Å². The lowest BCUT2D eigenvalue weighted by atomic mass is 9.90. The molecule has 3 heteroatoms. The van der Waals surface area contributed by atoms with E-state index < -0.39 is 0 Å². The number of aryl methyl sites for hydroxylation is 2. The fraction of sp³-hybridized carbons (Fsp3) is 0.211. The molecule has 0 aromatic heterocycles. The van der Waals surface area contributed by atoms with Gasteiger partial charge in [-0.05, 0) is 54.7 Å². The van der Waals surface area contributed by atoms with E-state index in [1.54, 1.807) is 6.07 Å². The van der Waals surface area contributed by atoms with Crippen molar-refractivity contribution in [3.8, 4) is 11.8 Å². The van der Waals surface area contributed by atoms with E-state index in [1.165, 1.54) is 0 Å². The third-order valence-electron chi connectivity index (χ3n) is 3.75. The monoisotopic (exact) mass is 292 g/mol. The average molecular weight is 292 g/mol. The Morgan fingerprint density at radius 1 is 1.23 bits per heavy atom. The van der Waals surface area contributed by atoms with Crippen LogP contribution in [0.5, 0.6) is 5.75 Å². The van der Waals surface area contributed by atoms with Gasteiger partial charge in [0.25, 0.3) is 0 Å². The molecule has 0 aliphatic rings. The average Bonchev–Trinajstić information content (AvgIpc) is 2.49. The van der Waals surface area contributed by atoms with Gasteiger partial charge in [0.15, 0.2) is 0 Å². The molecular weight excluding hydrogens is 272 g/mol. The number of nitriles is 1. The number of nitrogens with two attached hydrogens (primary N) is 1. The van der Waals surface area contributed by atoms with E-state index in [4.69, 9.17) is 5.73 Å². The zero-order valence-corrected chi connectivity index (χ0v) is 13.1. The molecule has 3 N–H and O–H groups in total. The molecule has 0 aliphatic heterocycles. The largest absolute Gasteiger partial charge is 0.505 e. The standard InChI is InChI=1S/C19H20N2O/c1-4-6-15(16-7-5-8-18(21)19(16)22)17-10-14(11-20)12(2)9-13(17)3/h5-10,22H,4,21H2,1-3H3/b15-6-. The van der Waals surface area contributed by atoms with E-state index in [0.29, 0.717) is 16.8 Å². The third-order valence-corrected chi connectivity index (χ3v) is 3.75. The Bertz CT molecular complexity index is 783. The van der Waals surface area contributed by atoms with Crippen molar-refractivity contribution >= 4 is 11.3 Å². The van der Waals surface area contributed by atoms with Gasteiger partial charge in [-0.25, -0.2) is 0 Å². The number of phenolic OH excluding ortho intramolecular Hbond substituents is 1. The first-order chi connectivity index (χ1) is 10.5. The second-order valence-electron chi connectivity index (χ2n) is 5.36. The molecule has 0 saturated heterocycles. The molecule has 3 nitrogen and oxygen atoms in total. The molecule has 22 heavy (non-hydrogen) atoms. The molecule has 0 bridgehead atoms. The van der Waals surface area contributed by atoms with Crippen LogP contribution >= 0.6 is 0 Å². The summed E-state index contributed by atoms with van der Waals surface area (Å²) in [5, 5.41) is 19.6. The second kappa shape index (κ2) is 6.36. The SMILES string of the molecule is CC/C=C(\c1cc(C#N)c(C)cc1C)c1cccc(N)c1O. The number of hydrogen-bond donors (Lipinski definition) is 2. The minimum atomic E-state index is 0.0840. The Labute approximate surface area is 131 Å². The van der Waals surface area contributed by atoms with Crippen LogP contribution in [0, 0.1) is 25.2 Å². The first kappa shape index (κ1) is 15.7. The molecule has 112 valence electrons. The molecule has 2 rings (SSSR count). The molecule has 2 aromatic rings. The van der Waals surface area contributed by atoms with Gasteiger partial charge in [0.2, 0.25) is 0 Å². The topological polar surface area (TPSA) is 70.0 Å². The Balaban J connectivity index is 2.72. The molecule has 0 aliphatic carbocycles. The Morgan fingerprint density at radius 3 is 2.59 bits per heavy atom. The minimum Gasteiger partial charge on any atom is -0.505 e. The van der Waals surface area contributed by atoms with Crippen LogP contribution in [0.2, 0.25) is 0 Å². The van der Waals surface area contributed by atoms with E-state index in [9.17, 15) is 10.4 Å². The summed E-state index contributed by atoms with van der Waals surface area (Å²) in [6.07, 6.45) is 2.87. The fourth-order valence-electron chi connectivity index (χ4n) is 2.61. The van der Waals surface area contributed by atoms with Crippen molar-refractivity contribution in [3.63, 3.8) is 0 Å². The minimum absolute atomic E-state index is 0.0840. The number of anilines is 1. The van der Waals surface area contributed by atoms with Crippen molar-refractivity contribution in [3.05, 3.63) is 64.2 Å². The van der Waals surface area contributed by atoms with Gasteiger partial charge in [0, 0.05) is 5.56 Å². The molecule has 0 atom stereocenters. The smallest absolute Gasteiger partial charge is 0.146 e. The molecule has 0 fully saturated rings. The van der Waals surface area contributed by atoms with Gasteiger partial charge in [0.05, 0.1) is 17.3 Å². The van der Waals surface area contributed by atoms with Crippen molar-refractivity contribution in [1.82, 2.24) is 0 Å². The highest BCUT2D eigenvalue weighted by molar-refractivity contribution is 5.86. The highest BCUT2D eigenvalue weighted by Gasteiger charge is 2.15. The maximum absolute atomic E-state index is 10.3. The second-order valence-corrected chi connectivity index (χ2v) is 5.36. The first-order valence-electron chi connectivity index (χ1n) is 7.29. The molecule has 2 aromatic carbocycles. The van der Waals surface area contributed by atoms with E-state index in [0.717, 1.165) is 28.7 Å². The first-order valence-corrected chi connectivity index (χ1v) is 7.29. The van der Waals surface area contributed by atoms with Gasteiger partial charge in [-0.2, -0.15) is 5.26 Å². The van der Waals surface area contributed by atoms with E-state index >= 15 is 0 Å². The number of hydrogen-bond acceptors (Lipinski definition) is 3. The van der Waals surface area contributed by atoms with Crippen molar-refractivity contribution in [2.75, 3.05) is 5.73 Å². The lowest BCUT2D eigenvalue weighted by molar-refractivity contribution is 0.476. The highest BCUT2D eigenvalue weighted by Crippen LogP contribution is 2.36. The van der Waals surface area contributed by atoms with Crippen LogP contribution in [0.4, 0.5) is 5.69 Å². The normalized spacial score (nSPS) is 11.3. The summed E-state index contributed by atoms with van der Waals surface area (Å²) in [6, 6.07) is 11.4. The van der Waals surface area contributed by atoms with Gasteiger partial charge >= 0.3 is 0 Å². The Kier molecular flexibility index (Phi) is 4.53. The number of allylic oxidation sites excluding steroid dienone is 1. The zero-order chi connectivity index (χ0) is 16.3. The van der Waals surface area contributed by atoms with Gasteiger partial charge in [-0.3, -0.25) is 0 Å². The number of rotatable bonds is 3. The Hall–Kier alpha value is -2.73. The van der Waals surface area contributed by atoms with Crippen molar-refractivity contribution < 1.29 is 5.11 Å². The summed E-state index contributed by atoms with van der Waals surface area (Å²) in [5.41, 5.74) is 11.4. The molecule has 0 saturated carbocycles. The van der Waals surface area contributed by atoms with E-state index in [2.05, 4.69) is 6.07 Å². The van der Waals surface area contributed by atoms with E-state index in [1.807, 2.05) is 51.1 Å². The van der Waals surface area contributed by atoms with Crippen molar-refractivity contribution in [1.29, 1.82) is 5.26 Å². The van der Waals surface area contributed by atoms with Crippen LogP contribution < -0.4 is 5.73 Å². The Morgan fingerprint density at radius 2 is 1.95 bits per heavy atom. The summed E-state index contributed by atoms with van der Waals surface area (Å²) in [4.78, 5) is 0. The summed E-state index contributed by atoms with van der Waals surface area (Å²) in [7, 11) is 0. The van der Waals surface area contributed by atoms with Crippen LogP contribution in [-0.2, 0) is 0 Å². The number of benzene rings is 2. The molecule has 0 radical (unpaired) electrons. The molecular formula is C19H20N2O. The third kappa shape index (κ3) is 2.82. The van der Waals surface area contributed by atoms with Crippen LogP contribution in [0.15, 0.2) is 36.4 Å². The summed E-state index contributed by atoms with van der Waals surface area (Å²) >= 11 is 0. The number of phenols is 1. The molecule has 0 unspecified atom stereocenters. The maximum Gasteiger partial charge on any atom is 0.146 e. The van der Waals surface area contributed by atoms with Crippen molar-refractivity contribution in [2.24, 2.45) is 0 Å². The number of aromatic hydroxyl groups is 1. The predicted octanol–water partition coefficient (Wildman–Crippen LogP) is 4.30. The maximum atomic E-state index is 10.3. The lowest BCUT2D eigenvalue weighted by Crippen LogP contribution is -1.97. The molecule has 0 spiro atoms. The van der Waals surface area contributed by atoms with Crippen molar-refractivity contribution in [2.45, 2.75) is 27.2 Å². The summed E-state index contributed by atoms with van der Waals surface area (Å²) in [5.74, 6) is 0.0840. The van der Waals surface area contributed by atoms with Gasteiger partial charge in [0.1, 0.15) is 5.75 Å². The van der Waals surface area contributed by atoms with Crippen LogP contribution in [0.3, 0.4) is 0 Å². The van der Waals surface area contributed by atoms with Crippen LogP contribution in [0.25, 0.3) is 5.57 Å². The van der Waals surface area contributed by atoms with Crippen LogP contribution in [0.1, 0.15) is 41.2 Å². The highest BCUT2D eigenvalue weighted by atomic mass is 16.3. The quantitative estimate of drug-likeness (QED) is 0.654. The summed E-state index contributed by atoms with van der Waals surface area (Å²) < 4.78 is 0. The predicted molar refractivity (Wildman–Crippen MR) is 90.5 cm³/mol. The molecule has 0 amide bonds. The lowest BCUT2D eigenvalue weighted by Gasteiger charge is -2.15.